The molecule has 0 bridgehead atoms. The van der Waals surface area contributed by atoms with E-state index in [4.69, 9.17) is 0 Å². The predicted molar refractivity (Wildman–Crippen MR) is 127 cm³/mol. The Kier molecular flexibility index (Phi) is 6.62. The highest BCUT2D eigenvalue weighted by Gasteiger charge is 2.28. The number of nitrogens with zero attached hydrogens (tertiary/aromatic N) is 2. The second kappa shape index (κ2) is 9.44. The summed E-state index contributed by atoms with van der Waals surface area (Å²) in [4.78, 5) is 30.1. The Bertz CT molecular complexity index is 1360. The number of sulfonamides is 1. The fraction of sp³-hybridized carbons (Fsp3) is 0.375. The highest BCUT2D eigenvalue weighted by Crippen LogP contribution is 2.34. The Balaban J connectivity index is 1.33. The third kappa shape index (κ3) is 5.31. The molecule has 33 heavy (non-hydrogen) atoms. The second-order valence-electron chi connectivity index (χ2n) is 8.47. The molecule has 0 saturated heterocycles. The van der Waals surface area contributed by atoms with Gasteiger partial charge in [-0.2, -0.15) is 0 Å². The van der Waals surface area contributed by atoms with Gasteiger partial charge in [-0.1, -0.05) is 24.3 Å². The number of nitrogens with one attached hydrogen (secondary N) is 2. The summed E-state index contributed by atoms with van der Waals surface area (Å²) < 4.78 is 29.3. The fourth-order valence-corrected chi connectivity index (χ4v) is 5.21. The van der Waals surface area contributed by atoms with Crippen molar-refractivity contribution in [2.45, 2.75) is 50.5 Å². The minimum absolute atomic E-state index is 0.0562. The number of carbonyl (C=O) groups is 1. The first-order chi connectivity index (χ1) is 15.8. The molecule has 0 atom stereocenters. The molecular formula is C24H28N4O4S. The van der Waals surface area contributed by atoms with E-state index < -0.39 is 10.0 Å². The molecule has 1 aromatic heterocycles. The molecule has 3 aromatic rings. The first-order valence-electron chi connectivity index (χ1n) is 11.1. The topological polar surface area (TPSA) is 110 Å². The third-order valence-corrected chi connectivity index (χ3v) is 7.34. The van der Waals surface area contributed by atoms with Crippen LogP contribution in [0, 0.1) is 13.8 Å². The first kappa shape index (κ1) is 23.1. The Morgan fingerprint density at radius 2 is 1.88 bits per heavy atom. The van der Waals surface area contributed by atoms with E-state index >= 15 is 0 Å². The Hall–Kier alpha value is -3.04. The lowest BCUT2D eigenvalue weighted by Gasteiger charge is -2.13. The molecule has 2 aromatic carbocycles. The van der Waals surface area contributed by atoms with Crippen molar-refractivity contribution < 1.29 is 13.2 Å². The Morgan fingerprint density at radius 1 is 1.12 bits per heavy atom. The third-order valence-electron chi connectivity index (χ3n) is 5.74. The SMILES string of the molecule is Cc1ccc(C)c(S(=O)(=O)NCCNC(=O)CCc2nc3ccccc3c(=O)n2C2CC2)c1. The molecule has 1 amide bonds. The maximum atomic E-state index is 12.9. The summed E-state index contributed by atoms with van der Waals surface area (Å²) in [6.07, 6.45) is 2.40. The molecule has 2 N–H and O–H groups in total. The number of para-hydroxylation sites is 1. The molecule has 1 aliphatic carbocycles. The Morgan fingerprint density at radius 3 is 2.64 bits per heavy atom. The summed E-state index contributed by atoms with van der Waals surface area (Å²) in [5.74, 6) is 0.401. The molecule has 1 heterocycles. The van der Waals surface area contributed by atoms with Gasteiger partial charge in [-0.15, -0.1) is 0 Å². The first-order valence-corrected chi connectivity index (χ1v) is 12.6. The Labute approximate surface area is 193 Å². The van der Waals surface area contributed by atoms with E-state index in [0.717, 1.165) is 18.4 Å². The van der Waals surface area contributed by atoms with Crippen LogP contribution in [0.3, 0.4) is 0 Å². The van der Waals surface area contributed by atoms with Crippen molar-refractivity contribution in [3.05, 3.63) is 69.8 Å². The minimum Gasteiger partial charge on any atom is -0.355 e. The van der Waals surface area contributed by atoms with Gasteiger partial charge in [0.15, 0.2) is 0 Å². The largest absolute Gasteiger partial charge is 0.355 e. The van der Waals surface area contributed by atoms with Crippen LogP contribution < -0.4 is 15.6 Å². The molecule has 8 nitrogen and oxygen atoms in total. The van der Waals surface area contributed by atoms with Crippen molar-refractivity contribution in [3.8, 4) is 0 Å². The smallest absolute Gasteiger partial charge is 0.261 e. The number of amides is 1. The standard InChI is InChI=1S/C24H28N4O4S/c1-16-7-8-17(2)21(15-16)33(31,32)26-14-13-25-23(29)12-11-22-27-20-6-4-3-5-19(20)24(30)28(22)18-9-10-18/h3-8,15,18,26H,9-14H2,1-2H3,(H,25,29). The summed E-state index contributed by atoms with van der Waals surface area (Å²) in [5, 5.41) is 3.33. The van der Waals surface area contributed by atoms with Crippen LogP contribution in [0.15, 0.2) is 52.2 Å². The van der Waals surface area contributed by atoms with Gasteiger partial charge < -0.3 is 5.32 Å². The molecule has 0 spiro atoms. The van der Waals surface area contributed by atoms with E-state index in [1.807, 2.05) is 25.1 Å². The number of carbonyl (C=O) groups excluding carboxylic acids is 1. The van der Waals surface area contributed by atoms with E-state index in [9.17, 15) is 18.0 Å². The van der Waals surface area contributed by atoms with Crippen LogP contribution in [0.4, 0.5) is 0 Å². The van der Waals surface area contributed by atoms with Crippen LogP contribution in [0.5, 0.6) is 0 Å². The maximum absolute atomic E-state index is 12.9. The van der Waals surface area contributed by atoms with E-state index in [2.05, 4.69) is 15.0 Å². The molecule has 174 valence electrons. The lowest BCUT2D eigenvalue weighted by atomic mass is 10.2. The van der Waals surface area contributed by atoms with Crippen LogP contribution in [-0.4, -0.2) is 37.0 Å². The lowest BCUT2D eigenvalue weighted by molar-refractivity contribution is -0.121. The highest BCUT2D eigenvalue weighted by atomic mass is 32.2. The molecule has 1 aliphatic rings. The van der Waals surface area contributed by atoms with Gasteiger partial charge >= 0.3 is 0 Å². The van der Waals surface area contributed by atoms with Crippen molar-refractivity contribution in [1.82, 2.24) is 19.6 Å². The van der Waals surface area contributed by atoms with Crippen LogP contribution in [-0.2, 0) is 21.2 Å². The number of hydrogen-bond donors (Lipinski definition) is 2. The average molecular weight is 469 g/mol. The van der Waals surface area contributed by atoms with E-state index in [1.54, 1.807) is 35.8 Å². The molecule has 9 heteroatoms. The number of aryl methyl sites for hydroxylation is 3. The van der Waals surface area contributed by atoms with Gasteiger partial charge in [0.1, 0.15) is 5.82 Å². The van der Waals surface area contributed by atoms with Crippen LogP contribution in [0.25, 0.3) is 10.9 Å². The summed E-state index contributed by atoms with van der Waals surface area (Å²) >= 11 is 0. The second-order valence-corrected chi connectivity index (χ2v) is 10.2. The van der Waals surface area contributed by atoms with Crippen molar-refractivity contribution in [2.24, 2.45) is 0 Å². The van der Waals surface area contributed by atoms with E-state index in [1.165, 1.54) is 0 Å². The maximum Gasteiger partial charge on any atom is 0.261 e. The normalized spacial score (nSPS) is 13.9. The fourth-order valence-electron chi connectivity index (χ4n) is 3.85. The highest BCUT2D eigenvalue weighted by molar-refractivity contribution is 7.89. The van der Waals surface area contributed by atoms with Gasteiger partial charge in [-0.25, -0.2) is 18.1 Å². The number of hydrogen-bond acceptors (Lipinski definition) is 5. The lowest BCUT2D eigenvalue weighted by Crippen LogP contribution is -2.35. The van der Waals surface area contributed by atoms with Gasteiger partial charge in [0, 0.05) is 32.0 Å². The molecule has 0 unspecified atom stereocenters. The van der Waals surface area contributed by atoms with Crippen molar-refractivity contribution in [3.63, 3.8) is 0 Å². The average Bonchev–Trinajstić information content (AvgIpc) is 3.62. The van der Waals surface area contributed by atoms with Crippen LogP contribution >= 0.6 is 0 Å². The van der Waals surface area contributed by atoms with Crippen molar-refractivity contribution >= 4 is 26.8 Å². The quantitative estimate of drug-likeness (QED) is 0.469. The summed E-state index contributed by atoms with van der Waals surface area (Å²) in [5.41, 5.74) is 2.11. The molecule has 0 radical (unpaired) electrons. The van der Waals surface area contributed by atoms with Gasteiger partial charge in [-0.3, -0.25) is 14.2 Å². The minimum atomic E-state index is -3.65. The van der Waals surface area contributed by atoms with E-state index in [-0.39, 0.29) is 41.9 Å². The molecule has 1 fully saturated rings. The number of benzene rings is 2. The monoisotopic (exact) mass is 468 g/mol. The van der Waals surface area contributed by atoms with Crippen LogP contribution in [0.1, 0.15) is 42.3 Å². The molecule has 1 saturated carbocycles. The summed E-state index contributed by atoms with van der Waals surface area (Å²) in [7, 11) is -3.65. The van der Waals surface area contributed by atoms with Crippen molar-refractivity contribution in [2.75, 3.05) is 13.1 Å². The zero-order valence-corrected chi connectivity index (χ0v) is 19.6. The number of rotatable bonds is 9. The van der Waals surface area contributed by atoms with E-state index in [0.29, 0.717) is 28.7 Å². The molecule has 4 rings (SSSR count). The van der Waals surface area contributed by atoms with Gasteiger partial charge in [0.05, 0.1) is 15.8 Å². The van der Waals surface area contributed by atoms with Gasteiger partial charge in [0.25, 0.3) is 5.56 Å². The van der Waals surface area contributed by atoms with Gasteiger partial charge in [0.2, 0.25) is 15.9 Å². The van der Waals surface area contributed by atoms with Gasteiger partial charge in [-0.05, 0) is 56.0 Å². The number of aromatic nitrogens is 2. The number of fused-ring (bicyclic) bond motifs is 1. The molecular weight excluding hydrogens is 440 g/mol. The predicted octanol–water partition coefficient (Wildman–Crippen LogP) is 2.38. The summed E-state index contributed by atoms with van der Waals surface area (Å²) in [6.45, 7) is 3.84. The molecule has 0 aliphatic heterocycles. The summed E-state index contributed by atoms with van der Waals surface area (Å²) in [6, 6.07) is 12.7. The zero-order chi connectivity index (χ0) is 23.6. The zero-order valence-electron chi connectivity index (χ0n) is 18.8. The van der Waals surface area contributed by atoms with Crippen molar-refractivity contribution in [1.29, 1.82) is 0 Å². The van der Waals surface area contributed by atoms with Crippen LogP contribution in [0.2, 0.25) is 0 Å².